The third-order valence-corrected chi connectivity index (χ3v) is 5.01. The normalized spacial score (nSPS) is 11.2. The van der Waals surface area contributed by atoms with Crippen LogP contribution in [0.15, 0.2) is 28.8 Å². The largest absolute Gasteiger partial charge is 0.356 e. The Hall–Kier alpha value is -2.81. The smallest absolute Gasteiger partial charge is 0.227 e. The van der Waals surface area contributed by atoms with Crippen molar-refractivity contribution < 1.29 is 9.32 Å². The molecule has 0 saturated carbocycles. The van der Waals surface area contributed by atoms with Gasteiger partial charge in [-0.15, -0.1) is 0 Å². The lowest BCUT2D eigenvalue weighted by molar-refractivity contribution is -0.121. The lowest BCUT2D eigenvalue weighted by Crippen LogP contribution is -2.26. The molecule has 3 aromatic rings. The highest BCUT2D eigenvalue weighted by atomic mass is 32.1. The summed E-state index contributed by atoms with van der Waals surface area (Å²) >= 11 is 5.16. The summed E-state index contributed by atoms with van der Waals surface area (Å²) in [5.74, 6) is 2.24. The summed E-state index contributed by atoms with van der Waals surface area (Å²) in [4.78, 5) is 16.5. The lowest BCUT2D eigenvalue weighted by atomic mass is 10.0. The second-order valence-electron chi connectivity index (χ2n) is 7.08. The first-order valence-electron chi connectivity index (χ1n) is 9.81. The molecule has 0 bridgehead atoms. The van der Waals surface area contributed by atoms with E-state index in [-0.39, 0.29) is 12.3 Å². The van der Waals surface area contributed by atoms with Gasteiger partial charge in [0.15, 0.2) is 4.77 Å². The number of H-pyrrole nitrogens is 1. The Labute approximate surface area is 174 Å². The molecule has 154 valence electrons. The SMILES string of the molecule is CCn1c(CCNC(=O)CCc2nc(-c3ccc(C(C)C)cc3)no2)n[nH]c1=S. The average molecular weight is 415 g/mol. The summed E-state index contributed by atoms with van der Waals surface area (Å²) in [6.45, 7) is 7.55. The van der Waals surface area contributed by atoms with Gasteiger partial charge in [0.2, 0.25) is 17.6 Å². The fourth-order valence-corrected chi connectivity index (χ4v) is 3.26. The van der Waals surface area contributed by atoms with Crippen molar-refractivity contribution in [2.75, 3.05) is 6.54 Å². The summed E-state index contributed by atoms with van der Waals surface area (Å²) in [7, 11) is 0. The second-order valence-corrected chi connectivity index (χ2v) is 7.46. The topological polar surface area (TPSA) is 102 Å². The standard InChI is InChI=1S/C20H26N6O2S/c1-4-26-16(23-24-20(26)29)11-12-21-17(27)9-10-18-22-19(25-28-18)15-7-5-14(6-8-15)13(2)3/h5-8,13H,4,9-12H2,1-3H3,(H,21,27)(H,24,29). The minimum atomic E-state index is -0.0665. The van der Waals surface area contributed by atoms with Crippen LogP contribution in [-0.2, 0) is 24.2 Å². The van der Waals surface area contributed by atoms with Crippen molar-refractivity contribution in [3.8, 4) is 11.4 Å². The van der Waals surface area contributed by atoms with Crippen LogP contribution < -0.4 is 5.32 Å². The first kappa shape index (κ1) is 20.9. The van der Waals surface area contributed by atoms with Gasteiger partial charge in [-0.3, -0.25) is 9.89 Å². The average Bonchev–Trinajstić information content (AvgIpc) is 3.33. The Morgan fingerprint density at radius 2 is 2.03 bits per heavy atom. The molecule has 0 radical (unpaired) electrons. The number of carbonyl (C=O) groups is 1. The van der Waals surface area contributed by atoms with E-state index in [1.165, 1.54) is 5.56 Å². The van der Waals surface area contributed by atoms with E-state index in [4.69, 9.17) is 16.7 Å². The molecular weight excluding hydrogens is 388 g/mol. The van der Waals surface area contributed by atoms with E-state index in [9.17, 15) is 4.79 Å². The molecule has 0 saturated heterocycles. The zero-order chi connectivity index (χ0) is 20.8. The van der Waals surface area contributed by atoms with Gasteiger partial charge < -0.3 is 14.4 Å². The third kappa shape index (κ3) is 5.38. The molecule has 8 nitrogen and oxygen atoms in total. The van der Waals surface area contributed by atoms with E-state index in [0.29, 0.717) is 41.8 Å². The van der Waals surface area contributed by atoms with Gasteiger partial charge in [0, 0.05) is 37.9 Å². The zero-order valence-corrected chi connectivity index (χ0v) is 17.8. The molecule has 29 heavy (non-hydrogen) atoms. The van der Waals surface area contributed by atoms with Gasteiger partial charge in [-0.1, -0.05) is 43.3 Å². The number of hydrogen-bond acceptors (Lipinski definition) is 6. The Morgan fingerprint density at radius 3 is 2.72 bits per heavy atom. The molecule has 0 aliphatic rings. The van der Waals surface area contributed by atoms with Gasteiger partial charge in [-0.05, 0) is 30.6 Å². The van der Waals surface area contributed by atoms with Crippen molar-refractivity contribution in [3.63, 3.8) is 0 Å². The fraction of sp³-hybridized carbons (Fsp3) is 0.450. The van der Waals surface area contributed by atoms with Crippen molar-refractivity contribution in [2.24, 2.45) is 0 Å². The minimum absolute atomic E-state index is 0.0665. The van der Waals surface area contributed by atoms with Gasteiger partial charge in [0.05, 0.1) is 0 Å². The molecular formula is C20H26N6O2S. The van der Waals surface area contributed by atoms with Gasteiger partial charge >= 0.3 is 0 Å². The van der Waals surface area contributed by atoms with Crippen molar-refractivity contribution in [3.05, 3.63) is 46.3 Å². The molecule has 0 unspecified atom stereocenters. The number of hydrogen-bond donors (Lipinski definition) is 2. The zero-order valence-electron chi connectivity index (χ0n) is 16.9. The molecule has 2 N–H and O–H groups in total. The quantitative estimate of drug-likeness (QED) is 0.520. The molecule has 0 fully saturated rings. The number of aromatic nitrogens is 5. The van der Waals surface area contributed by atoms with Crippen molar-refractivity contribution in [2.45, 2.75) is 52.5 Å². The van der Waals surface area contributed by atoms with Crippen LogP contribution in [0.2, 0.25) is 0 Å². The number of amides is 1. The van der Waals surface area contributed by atoms with Gasteiger partial charge in [0.1, 0.15) is 5.82 Å². The van der Waals surface area contributed by atoms with E-state index >= 15 is 0 Å². The van der Waals surface area contributed by atoms with Crippen LogP contribution in [0.3, 0.4) is 0 Å². The number of nitrogens with zero attached hydrogens (tertiary/aromatic N) is 4. The molecule has 9 heteroatoms. The summed E-state index contributed by atoms with van der Waals surface area (Å²) in [6, 6.07) is 8.12. The van der Waals surface area contributed by atoms with E-state index in [1.807, 2.05) is 23.6 Å². The second kappa shape index (κ2) is 9.60. The van der Waals surface area contributed by atoms with Crippen LogP contribution >= 0.6 is 12.2 Å². The lowest BCUT2D eigenvalue weighted by Gasteiger charge is -2.05. The monoisotopic (exact) mass is 414 g/mol. The maximum atomic E-state index is 12.1. The highest BCUT2D eigenvalue weighted by Crippen LogP contribution is 2.20. The molecule has 0 atom stereocenters. The molecule has 0 spiro atoms. The van der Waals surface area contributed by atoms with Crippen LogP contribution in [-0.4, -0.2) is 37.4 Å². The van der Waals surface area contributed by atoms with E-state index in [2.05, 4.69) is 51.6 Å². The predicted molar refractivity (Wildman–Crippen MR) is 112 cm³/mol. The minimum Gasteiger partial charge on any atom is -0.356 e. The molecule has 1 aromatic carbocycles. The summed E-state index contributed by atoms with van der Waals surface area (Å²) in [5, 5.41) is 13.9. The van der Waals surface area contributed by atoms with Crippen LogP contribution in [0.1, 0.15) is 50.4 Å². The molecule has 2 heterocycles. The van der Waals surface area contributed by atoms with E-state index in [1.54, 1.807) is 0 Å². The fourth-order valence-electron chi connectivity index (χ4n) is 2.98. The van der Waals surface area contributed by atoms with Crippen molar-refractivity contribution >= 4 is 18.1 Å². The molecule has 1 amide bonds. The van der Waals surface area contributed by atoms with E-state index < -0.39 is 0 Å². The van der Waals surface area contributed by atoms with Gasteiger partial charge in [-0.2, -0.15) is 10.1 Å². The van der Waals surface area contributed by atoms with Gasteiger partial charge in [0.25, 0.3) is 0 Å². The highest BCUT2D eigenvalue weighted by molar-refractivity contribution is 7.71. The van der Waals surface area contributed by atoms with Crippen LogP contribution in [0, 0.1) is 4.77 Å². The number of rotatable bonds is 9. The number of benzene rings is 1. The maximum absolute atomic E-state index is 12.1. The Balaban J connectivity index is 1.46. The first-order chi connectivity index (χ1) is 14.0. The third-order valence-electron chi connectivity index (χ3n) is 4.69. The summed E-state index contributed by atoms with van der Waals surface area (Å²) in [6.07, 6.45) is 1.30. The molecule has 0 aliphatic heterocycles. The highest BCUT2D eigenvalue weighted by Gasteiger charge is 2.12. The Bertz CT molecular complexity index is 1000. The van der Waals surface area contributed by atoms with Crippen LogP contribution in [0.5, 0.6) is 0 Å². The summed E-state index contributed by atoms with van der Waals surface area (Å²) < 4.78 is 7.79. The number of aromatic amines is 1. The molecule has 3 rings (SSSR count). The van der Waals surface area contributed by atoms with Crippen molar-refractivity contribution in [1.29, 1.82) is 0 Å². The molecule has 2 aromatic heterocycles. The first-order valence-corrected chi connectivity index (χ1v) is 10.2. The number of nitrogens with one attached hydrogen (secondary N) is 2. The van der Waals surface area contributed by atoms with E-state index in [0.717, 1.165) is 17.9 Å². The molecule has 0 aliphatic carbocycles. The number of aryl methyl sites for hydroxylation is 1. The van der Waals surface area contributed by atoms with Crippen LogP contribution in [0.25, 0.3) is 11.4 Å². The number of carbonyl (C=O) groups excluding carboxylic acids is 1. The summed E-state index contributed by atoms with van der Waals surface area (Å²) in [5.41, 5.74) is 2.16. The van der Waals surface area contributed by atoms with Crippen molar-refractivity contribution in [1.82, 2.24) is 30.2 Å². The maximum Gasteiger partial charge on any atom is 0.227 e. The Kier molecular flexibility index (Phi) is 6.92. The predicted octanol–water partition coefficient (Wildman–Crippen LogP) is 3.43. The Morgan fingerprint density at radius 1 is 1.28 bits per heavy atom. The van der Waals surface area contributed by atoms with Crippen LogP contribution in [0.4, 0.5) is 0 Å². The van der Waals surface area contributed by atoms with Gasteiger partial charge in [-0.25, -0.2) is 0 Å².